The summed E-state index contributed by atoms with van der Waals surface area (Å²) in [4.78, 5) is 12.2. The first kappa shape index (κ1) is 23.9. The Morgan fingerprint density at radius 3 is 2.28 bits per heavy atom. The summed E-state index contributed by atoms with van der Waals surface area (Å²) in [6.45, 7) is 3.48. The summed E-state index contributed by atoms with van der Waals surface area (Å²) in [5.41, 5.74) is 2.13. The van der Waals surface area contributed by atoms with E-state index >= 15 is 0 Å². The second-order valence-corrected chi connectivity index (χ2v) is 9.70. The first-order valence-corrected chi connectivity index (χ1v) is 11.9. The van der Waals surface area contributed by atoms with Gasteiger partial charge in [0.15, 0.2) is 6.61 Å². The molecule has 168 valence electrons. The maximum atomic E-state index is 12.6. The first-order valence-electron chi connectivity index (χ1n) is 9.71. The number of carbonyl (C=O) groups excluding carboxylic acids is 1. The molecule has 9 heteroatoms. The van der Waals surface area contributed by atoms with Gasteiger partial charge in [-0.2, -0.15) is 0 Å². The van der Waals surface area contributed by atoms with Crippen molar-refractivity contribution in [2.75, 3.05) is 11.3 Å². The number of sulfonamides is 1. The van der Waals surface area contributed by atoms with E-state index < -0.39 is 10.0 Å². The molecule has 0 radical (unpaired) electrons. The smallest absolute Gasteiger partial charge is 0.261 e. The highest BCUT2D eigenvalue weighted by Gasteiger charge is 2.15. The summed E-state index contributed by atoms with van der Waals surface area (Å²) in [6.07, 6.45) is 0. The number of benzene rings is 3. The lowest BCUT2D eigenvalue weighted by Crippen LogP contribution is -2.31. The van der Waals surface area contributed by atoms with Gasteiger partial charge in [0.1, 0.15) is 5.75 Å². The normalized spacial score (nSPS) is 12.1. The van der Waals surface area contributed by atoms with Crippen LogP contribution in [0, 0.1) is 6.92 Å². The van der Waals surface area contributed by atoms with E-state index in [1.165, 1.54) is 24.3 Å². The Bertz CT molecular complexity index is 1200. The number of hydrogen-bond donors (Lipinski definition) is 2. The number of ether oxygens (including phenoxy) is 1. The van der Waals surface area contributed by atoms with E-state index in [2.05, 4.69) is 10.0 Å². The standard InChI is InChI=1S/C23H22Cl2N2O4S/c1-15-3-8-19(13-22(15)25)27-32(29,30)21-11-9-20(10-12-21)31-14-23(28)26-16(2)17-4-6-18(24)7-5-17/h3-13,16,27H,14H2,1-2H3,(H,26,28)/t16-/m0/s1. The second-order valence-electron chi connectivity index (χ2n) is 7.17. The van der Waals surface area contributed by atoms with E-state index in [4.69, 9.17) is 27.9 Å². The third kappa shape index (κ3) is 6.38. The Kier molecular flexibility index (Phi) is 7.66. The van der Waals surface area contributed by atoms with Gasteiger partial charge in [-0.3, -0.25) is 9.52 Å². The molecule has 0 bridgehead atoms. The molecule has 6 nitrogen and oxygen atoms in total. The molecule has 2 N–H and O–H groups in total. The van der Waals surface area contributed by atoms with Gasteiger partial charge in [0.05, 0.1) is 16.6 Å². The molecule has 3 rings (SSSR count). The van der Waals surface area contributed by atoms with Crippen molar-refractivity contribution in [2.24, 2.45) is 0 Å². The lowest BCUT2D eigenvalue weighted by atomic mass is 10.1. The van der Waals surface area contributed by atoms with Crippen LogP contribution in [-0.2, 0) is 14.8 Å². The highest BCUT2D eigenvalue weighted by atomic mass is 35.5. The predicted molar refractivity (Wildman–Crippen MR) is 127 cm³/mol. The predicted octanol–water partition coefficient (Wildman–Crippen LogP) is 5.36. The summed E-state index contributed by atoms with van der Waals surface area (Å²) < 4.78 is 33.1. The van der Waals surface area contributed by atoms with Gasteiger partial charge in [-0.1, -0.05) is 41.4 Å². The van der Waals surface area contributed by atoms with Crippen LogP contribution in [0.25, 0.3) is 0 Å². The maximum absolute atomic E-state index is 12.6. The van der Waals surface area contributed by atoms with Gasteiger partial charge in [0.25, 0.3) is 15.9 Å². The molecule has 0 aromatic heterocycles. The average Bonchev–Trinajstić information content (AvgIpc) is 2.75. The van der Waals surface area contributed by atoms with E-state index in [9.17, 15) is 13.2 Å². The van der Waals surface area contributed by atoms with Crippen molar-refractivity contribution in [3.63, 3.8) is 0 Å². The highest BCUT2D eigenvalue weighted by molar-refractivity contribution is 7.92. The van der Waals surface area contributed by atoms with E-state index in [0.717, 1.165) is 11.1 Å². The summed E-state index contributed by atoms with van der Waals surface area (Å²) >= 11 is 11.9. The molecule has 0 heterocycles. The van der Waals surface area contributed by atoms with E-state index in [0.29, 0.717) is 21.5 Å². The zero-order chi connectivity index (χ0) is 23.3. The van der Waals surface area contributed by atoms with Gasteiger partial charge in [0.2, 0.25) is 0 Å². The van der Waals surface area contributed by atoms with Crippen molar-refractivity contribution in [2.45, 2.75) is 24.8 Å². The van der Waals surface area contributed by atoms with Gasteiger partial charge in [-0.15, -0.1) is 0 Å². The molecule has 0 saturated carbocycles. The van der Waals surface area contributed by atoms with Gasteiger partial charge in [-0.25, -0.2) is 8.42 Å². The Labute approximate surface area is 197 Å². The number of hydrogen-bond acceptors (Lipinski definition) is 4. The lowest BCUT2D eigenvalue weighted by Gasteiger charge is -2.15. The third-order valence-corrected chi connectivity index (χ3v) is 6.73. The molecule has 0 aliphatic carbocycles. The third-order valence-electron chi connectivity index (χ3n) is 4.68. The Hall–Kier alpha value is -2.74. The molecular weight excluding hydrogens is 471 g/mol. The fourth-order valence-electron chi connectivity index (χ4n) is 2.85. The number of rotatable bonds is 8. The van der Waals surface area contributed by atoms with Crippen LogP contribution in [0.1, 0.15) is 24.1 Å². The monoisotopic (exact) mass is 492 g/mol. The topological polar surface area (TPSA) is 84.5 Å². The average molecular weight is 493 g/mol. The zero-order valence-electron chi connectivity index (χ0n) is 17.4. The number of halogens is 2. The van der Waals surface area contributed by atoms with Crippen molar-refractivity contribution in [3.8, 4) is 5.75 Å². The van der Waals surface area contributed by atoms with Crippen LogP contribution < -0.4 is 14.8 Å². The van der Waals surface area contributed by atoms with E-state index in [1.807, 2.05) is 26.0 Å². The molecule has 0 fully saturated rings. The van der Waals surface area contributed by atoms with Crippen molar-refractivity contribution in [1.82, 2.24) is 5.32 Å². The Morgan fingerprint density at radius 1 is 1.00 bits per heavy atom. The zero-order valence-corrected chi connectivity index (χ0v) is 19.8. The van der Waals surface area contributed by atoms with Crippen LogP contribution in [0.15, 0.2) is 71.6 Å². The number of amides is 1. The minimum atomic E-state index is -3.79. The van der Waals surface area contributed by atoms with Gasteiger partial charge >= 0.3 is 0 Å². The first-order chi connectivity index (χ1) is 15.1. The number of anilines is 1. The molecule has 3 aromatic rings. The van der Waals surface area contributed by atoms with Gasteiger partial charge < -0.3 is 10.1 Å². The van der Waals surface area contributed by atoms with Crippen LogP contribution in [-0.4, -0.2) is 20.9 Å². The summed E-state index contributed by atoms with van der Waals surface area (Å²) in [5, 5.41) is 3.93. The van der Waals surface area contributed by atoms with Gasteiger partial charge in [0, 0.05) is 10.0 Å². The van der Waals surface area contributed by atoms with Crippen molar-refractivity contribution in [3.05, 3.63) is 87.9 Å². The molecule has 0 aliphatic rings. The number of aryl methyl sites for hydroxylation is 1. The fourth-order valence-corrected chi connectivity index (χ4v) is 4.21. The summed E-state index contributed by atoms with van der Waals surface area (Å²) in [5.74, 6) is 0.0682. The summed E-state index contributed by atoms with van der Waals surface area (Å²) in [6, 6.07) is 17.7. The van der Waals surface area contributed by atoms with Crippen molar-refractivity contribution >= 4 is 44.8 Å². The largest absolute Gasteiger partial charge is 0.484 e. The molecule has 0 unspecified atom stereocenters. The molecular formula is C23H22Cl2N2O4S. The lowest BCUT2D eigenvalue weighted by molar-refractivity contribution is -0.123. The number of nitrogens with one attached hydrogen (secondary N) is 2. The minimum Gasteiger partial charge on any atom is -0.484 e. The second kappa shape index (κ2) is 10.3. The quantitative estimate of drug-likeness (QED) is 0.443. The molecule has 1 amide bonds. The SMILES string of the molecule is Cc1ccc(NS(=O)(=O)c2ccc(OCC(=O)N[C@@H](C)c3ccc(Cl)cc3)cc2)cc1Cl. The van der Waals surface area contributed by atoms with Gasteiger partial charge in [-0.05, 0) is 73.5 Å². The van der Waals surface area contributed by atoms with Crippen LogP contribution >= 0.6 is 23.2 Å². The highest BCUT2D eigenvalue weighted by Crippen LogP contribution is 2.23. The van der Waals surface area contributed by atoms with E-state index in [-0.39, 0.29) is 23.5 Å². The molecule has 0 spiro atoms. The van der Waals surface area contributed by atoms with E-state index in [1.54, 1.807) is 30.3 Å². The summed E-state index contributed by atoms with van der Waals surface area (Å²) in [7, 11) is -3.79. The molecule has 3 aromatic carbocycles. The van der Waals surface area contributed by atoms with Crippen LogP contribution in [0.5, 0.6) is 5.75 Å². The molecule has 1 atom stereocenters. The van der Waals surface area contributed by atoms with Crippen molar-refractivity contribution < 1.29 is 17.9 Å². The molecule has 0 saturated heterocycles. The van der Waals surface area contributed by atoms with Crippen molar-refractivity contribution in [1.29, 1.82) is 0 Å². The maximum Gasteiger partial charge on any atom is 0.261 e. The minimum absolute atomic E-state index is 0.0577. The van der Waals surface area contributed by atoms with Crippen LogP contribution in [0.4, 0.5) is 5.69 Å². The molecule has 32 heavy (non-hydrogen) atoms. The molecule has 0 aliphatic heterocycles. The Balaban J connectivity index is 1.56. The fraction of sp³-hybridized carbons (Fsp3) is 0.174. The Morgan fingerprint density at radius 2 is 1.66 bits per heavy atom. The van der Waals surface area contributed by atoms with Crippen LogP contribution in [0.3, 0.4) is 0 Å². The number of carbonyl (C=O) groups is 1. The van der Waals surface area contributed by atoms with Crippen LogP contribution in [0.2, 0.25) is 10.0 Å².